The minimum absolute atomic E-state index is 0.242. The highest BCUT2D eigenvalue weighted by molar-refractivity contribution is 7.80. The van der Waals surface area contributed by atoms with Gasteiger partial charge in [-0.05, 0) is 61.5 Å². The zero-order chi connectivity index (χ0) is 19.1. The molecule has 144 valence electrons. The second kappa shape index (κ2) is 9.67. The highest BCUT2D eigenvalue weighted by atomic mass is 32.1. The lowest BCUT2D eigenvalue weighted by Gasteiger charge is -2.37. The van der Waals surface area contributed by atoms with E-state index in [0.717, 1.165) is 43.3 Å². The van der Waals surface area contributed by atoms with E-state index in [-0.39, 0.29) is 5.82 Å². The fourth-order valence-electron chi connectivity index (χ4n) is 3.25. The van der Waals surface area contributed by atoms with E-state index < -0.39 is 0 Å². The van der Waals surface area contributed by atoms with Crippen molar-refractivity contribution in [2.24, 2.45) is 0 Å². The molecule has 0 unspecified atom stereocenters. The highest BCUT2D eigenvalue weighted by Crippen LogP contribution is 2.17. The topological polar surface area (TPSA) is 27.7 Å². The molecule has 6 heteroatoms. The van der Waals surface area contributed by atoms with Gasteiger partial charge in [0.2, 0.25) is 0 Å². The third-order valence-electron chi connectivity index (χ3n) is 4.94. The van der Waals surface area contributed by atoms with Gasteiger partial charge >= 0.3 is 0 Å². The molecule has 1 heterocycles. The smallest absolute Gasteiger partial charge is 0.173 e. The number of hydrogen-bond acceptors (Lipinski definition) is 3. The number of benzene rings is 2. The summed E-state index contributed by atoms with van der Waals surface area (Å²) in [6, 6.07) is 16.6. The van der Waals surface area contributed by atoms with Crippen molar-refractivity contribution in [2.45, 2.75) is 18.9 Å². The molecule has 1 fully saturated rings. The predicted molar refractivity (Wildman–Crippen MR) is 112 cm³/mol. The molecule has 0 amide bonds. The molecule has 1 N–H and O–H groups in total. The number of piperidine rings is 1. The number of thiocarbonyl (C=S) groups is 1. The number of ether oxygens (including phenoxy) is 1. The number of hydrogen-bond donors (Lipinski definition) is 1. The van der Waals surface area contributed by atoms with Gasteiger partial charge in [0.15, 0.2) is 5.11 Å². The molecule has 0 radical (unpaired) electrons. The Kier molecular flexibility index (Phi) is 7.01. The maximum absolute atomic E-state index is 12.9. The summed E-state index contributed by atoms with van der Waals surface area (Å²) in [5.74, 6) is 0.469. The van der Waals surface area contributed by atoms with Crippen LogP contribution in [0.3, 0.4) is 0 Å². The summed E-state index contributed by atoms with van der Waals surface area (Å²) >= 11 is 5.56. The summed E-state index contributed by atoms with van der Waals surface area (Å²) in [6.45, 7) is 3.53. The van der Waals surface area contributed by atoms with E-state index in [1.807, 2.05) is 30.3 Å². The van der Waals surface area contributed by atoms with Crippen LogP contribution in [-0.4, -0.2) is 54.2 Å². The number of halogens is 1. The lowest BCUT2D eigenvalue weighted by molar-refractivity contribution is 0.144. The lowest BCUT2D eigenvalue weighted by Crippen LogP contribution is -2.47. The summed E-state index contributed by atoms with van der Waals surface area (Å²) in [5, 5.41) is 4.07. The summed E-state index contributed by atoms with van der Waals surface area (Å²) in [4.78, 5) is 4.58. The third-order valence-corrected chi connectivity index (χ3v) is 5.33. The number of para-hydroxylation sites is 1. The predicted octanol–water partition coefficient (Wildman–Crippen LogP) is 4.00. The van der Waals surface area contributed by atoms with Gasteiger partial charge in [-0.25, -0.2) is 4.39 Å². The van der Waals surface area contributed by atoms with Crippen LogP contribution in [0.5, 0.6) is 5.75 Å². The maximum atomic E-state index is 12.9. The van der Waals surface area contributed by atoms with Crippen LogP contribution in [0.25, 0.3) is 0 Å². The van der Waals surface area contributed by atoms with E-state index in [0.29, 0.717) is 18.4 Å². The highest BCUT2D eigenvalue weighted by Gasteiger charge is 2.23. The van der Waals surface area contributed by atoms with E-state index in [1.165, 1.54) is 12.1 Å². The minimum atomic E-state index is -0.242. The van der Waals surface area contributed by atoms with Crippen LogP contribution in [0.1, 0.15) is 12.8 Å². The number of anilines is 1. The van der Waals surface area contributed by atoms with Gasteiger partial charge in [0.1, 0.15) is 18.2 Å². The second-order valence-electron chi connectivity index (χ2n) is 6.78. The molecule has 0 spiro atoms. The first kappa shape index (κ1) is 19.6. The Balaban J connectivity index is 1.37. The first-order chi connectivity index (χ1) is 13.1. The molecule has 3 rings (SSSR count). The summed E-state index contributed by atoms with van der Waals surface area (Å²) in [6.07, 6.45) is 2.15. The van der Waals surface area contributed by atoms with E-state index >= 15 is 0 Å². The normalized spacial score (nSPS) is 15.3. The maximum Gasteiger partial charge on any atom is 0.173 e. The van der Waals surface area contributed by atoms with E-state index in [9.17, 15) is 4.39 Å². The molecule has 1 aliphatic heterocycles. The van der Waals surface area contributed by atoms with Crippen molar-refractivity contribution in [3.8, 4) is 5.75 Å². The van der Waals surface area contributed by atoms with Gasteiger partial charge in [0, 0.05) is 38.4 Å². The van der Waals surface area contributed by atoms with Gasteiger partial charge in [0.25, 0.3) is 0 Å². The number of rotatable bonds is 6. The molecular formula is C21H26FN3OS. The Bertz CT molecular complexity index is 718. The number of likely N-dealkylation sites (tertiary alicyclic amines) is 1. The van der Waals surface area contributed by atoms with Gasteiger partial charge in [-0.15, -0.1) is 0 Å². The van der Waals surface area contributed by atoms with Crippen LogP contribution >= 0.6 is 12.2 Å². The monoisotopic (exact) mass is 387 g/mol. The molecule has 1 saturated heterocycles. The quantitative estimate of drug-likeness (QED) is 0.757. The van der Waals surface area contributed by atoms with Crippen LogP contribution in [0.2, 0.25) is 0 Å². The zero-order valence-corrected chi connectivity index (χ0v) is 16.4. The van der Waals surface area contributed by atoms with Crippen LogP contribution in [0, 0.1) is 5.82 Å². The van der Waals surface area contributed by atoms with Crippen LogP contribution < -0.4 is 10.1 Å². The molecule has 2 aromatic rings. The Morgan fingerprint density at radius 1 is 1.15 bits per heavy atom. The van der Waals surface area contributed by atoms with Crippen molar-refractivity contribution in [3.05, 3.63) is 60.4 Å². The largest absolute Gasteiger partial charge is 0.492 e. The van der Waals surface area contributed by atoms with Crippen molar-refractivity contribution in [3.63, 3.8) is 0 Å². The molecule has 0 bridgehead atoms. The van der Waals surface area contributed by atoms with Crippen molar-refractivity contribution in [1.29, 1.82) is 0 Å². The van der Waals surface area contributed by atoms with Gasteiger partial charge in [-0.2, -0.15) is 0 Å². The van der Waals surface area contributed by atoms with E-state index in [1.54, 1.807) is 12.1 Å². The van der Waals surface area contributed by atoms with Crippen molar-refractivity contribution >= 4 is 23.0 Å². The van der Waals surface area contributed by atoms with Crippen LogP contribution in [0.15, 0.2) is 54.6 Å². The van der Waals surface area contributed by atoms with Gasteiger partial charge < -0.3 is 15.0 Å². The van der Waals surface area contributed by atoms with Crippen LogP contribution in [0.4, 0.5) is 10.1 Å². The molecule has 0 atom stereocenters. The standard InChI is InChI=1S/C21H26FN3OS/c1-24(21(27)23-18-5-3-2-4-6-18)19-11-13-25(14-12-19)15-16-26-20-9-7-17(22)8-10-20/h2-10,19H,11-16H2,1H3,(H,23,27). The second-order valence-corrected chi connectivity index (χ2v) is 7.17. The van der Waals surface area contributed by atoms with Crippen molar-refractivity contribution in [2.75, 3.05) is 38.6 Å². The zero-order valence-electron chi connectivity index (χ0n) is 15.6. The number of nitrogens with one attached hydrogen (secondary N) is 1. The van der Waals surface area contributed by atoms with Crippen molar-refractivity contribution in [1.82, 2.24) is 9.80 Å². The summed E-state index contributed by atoms with van der Waals surface area (Å²) in [5.41, 5.74) is 1.02. The fourth-order valence-corrected chi connectivity index (χ4v) is 3.52. The first-order valence-corrected chi connectivity index (χ1v) is 9.72. The van der Waals surface area contributed by atoms with E-state index in [4.69, 9.17) is 17.0 Å². The molecule has 0 aliphatic carbocycles. The lowest BCUT2D eigenvalue weighted by atomic mass is 10.0. The summed E-state index contributed by atoms with van der Waals surface area (Å²) < 4.78 is 18.6. The SMILES string of the molecule is CN(C(=S)Nc1ccccc1)C1CCN(CCOc2ccc(F)cc2)CC1. The molecule has 27 heavy (non-hydrogen) atoms. The van der Waals surface area contributed by atoms with Crippen molar-refractivity contribution < 1.29 is 9.13 Å². The molecule has 4 nitrogen and oxygen atoms in total. The van der Waals surface area contributed by atoms with Crippen LogP contribution in [-0.2, 0) is 0 Å². The van der Waals surface area contributed by atoms with Gasteiger partial charge in [-0.1, -0.05) is 18.2 Å². The minimum Gasteiger partial charge on any atom is -0.492 e. The first-order valence-electron chi connectivity index (χ1n) is 9.31. The molecule has 2 aromatic carbocycles. The Labute approximate surface area is 165 Å². The Hall–Kier alpha value is -2.18. The molecule has 0 aromatic heterocycles. The average Bonchev–Trinajstić information content (AvgIpc) is 2.70. The fraction of sp³-hybridized carbons (Fsp3) is 0.381. The molecule has 1 aliphatic rings. The number of nitrogens with zero attached hydrogens (tertiary/aromatic N) is 2. The van der Waals surface area contributed by atoms with E-state index in [2.05, 4.69) is 22.2 Å². The Morgan fingerprint density at radius 2 is 1.81 bits per heavy atom. The summed E-state index contributed by atoms with van der Waals surface area (Å²) in [7, 11) is 2.07. The third kappa shape index (κ3) is 5.91. The molecule has 0 saturated carbocycles. The average molecular weight is 388 g/mol. The molecular weight excluding hydrogens is 361 g/mol. The van der Waals surface area contributed by atoms with Gasteiger partial charge in [-0.3, -0.25) is 4.90 Å². The Morgan fingerprint density at radius 3 is 2.48 bits per heavy atom. The van der Waals surface area contributed by atoms with Gasteiger partial charge in [0.05, 0.1) is 0 Å².